The van der Waals surface area contributed by atoms with Gasteiger partial charge in [0.25, 0.3) is 0 Å². The molecule has 2 aliphatic heterocycles. The summed E-state index contributed by atoms with van der Waals surface area (Å²) in [6.07, 6.45) is 0.239. The lowest BCUT2D eigenvalue weighted by molar-refractivity contribution is -0.116. The summed E-state index contributed by atoms with van der Waals surface area (Å²) in [6.45, 7) is 5.06. The number of carbonyl (C=O) groups excluding carboxylic acids is 2. The van der Waals surface area contributed by atoms with Crippen molar-refractivity contribution in [2.24, 2.45) is 0 Å². The molecule has 1 atom stereocenters. The summed E-state index contributed by atoms with van der Waals surface area (Å²) >= 11 is 4.97. The largest absolute Gasteiger partial charge is 0.442 e. The van der Waals surface area contributed by atoms with Gasteiger partial charge in [-0.05, 0) is 37.1 Å². The van der Waals surface area contributed by atoms with Gasteiger partial charge in [0, 0.05) is 24.8 Å². The van der Waals surface area contributed by atoms with Gasteiger partial charge in [0.15, 0.2) is 0 Å². The summed E-state index contributed by atoms with van der Waals surface area (Å²) in [5.74, 6) is 0.0405. The molecule has 0 spiro atoms. The average Bonchev–Trinajstić information content (AvgIpc) is 3.07. The van der Waals surface area contributed by atoms with Crippen molar-refractivity contribution in [1.29, 1.82) is 0 Å². The molecule has 1 fully saturated rings. The zero-order valence-electron chi connectivity index (χ0n) is 13.2. The van der Waals surface area contributed by atoms with Crippen LogP contribution in [-0.4, -0.2) is 42.7 Å². The van der Waals surface area contributed by atoms with Crippen molar-refractivity contribution in [2.45, 2.75) is 26.4 Å². The fraction of sp³-hybridized carbons (Fsp3) is 0.438. The average molecular weight is 333 g/mol. The maximum atomic E-state index is 12.1. The number of fused-ring (bicyclic) bond motifs is 1. The molecule has 1 aromatic rings. The smallest absolute Gasteiger partial charge is 0.414 e. The molecule has 1 N–H and O–H groups in total. The van der Waals surface area contributed by atoms with E-state index in [2.05, 4.69) is 5.32 Å². The van der Waals surface area contributed by atoms with Crippen LogP contribution in [0.2, 0.25) is 0 Å². The molecule has 0 radical (unpaired) electrons. The Morgan fingerprint density at radius 3 is 2.91 bits per heavy atom. The van der Waals surface area contributed by atoms with E-state index in [1.807, 2.05) is 18.2 Å². The standard InChI is InChI=1S/C16H19N3O3S/c1-10(23)17-8-14-9-19(16(21)22-14)13-3-4-15-12(7-13)5-6-18(15)11(2)20/h3-4,7,14H,5-6,8-9H2,1-2H3,(H,17,23)/t14-/m0/s1. The third-order valence-electron chi connectivity index (χ3n) is 4.10. The molecule has 23 heavy (non-hydrogen) atoms. The Morgan fingerprint density at radius 2 is 2.22 bits per heavy atom. The fourth-order valence-corrected chi connectivity index (χ4v) is 3.06. The predicted octanol–water partition coefficient (Wildman–Crippen LogP) is 1.86. The summed E-state index contributed by atoms with van der Waals surface area (Å²) in [5.41, 5.74) is 2.82. The van der Waals surface area contributed by atoms with Crippen molar-refractivity contribution in [1.82, 2.24) is 5.32 Å². The van der Waals surface area contributed by atoms with Crippen LogP contribution in [0.5, 0.6) is 0 Å². The van der Waals surface area contributed by atoms with E-state index >= 15 is 0 Å². The highest BCUT2D eigenvalue weighted by molar-refractivity contribution is 7.80. The van der Waals surface area contributed by atoms with E-state index in [1.165, 1.54) is 0 Å². The molecular formula is C16H19N3O3S. The minimum absolute atomic E-state index is 0.0405. The Hall–Kier alpha value is -2.15. The molecule has 2 aliphatic rings. The number of thiocarbonyl (C=S) groups is 1. The monoisotopic (exact) mass is 333 g/mol. The van der Waals surface area contributed by atoms with E-state index in [-0.39, 0.29) is 18.1 Å². The van der Waals surface area contributed by atoms with E-state index < -0.39 is 0 Å². The van der Waals surface area contributed by atoms with E-state index in [0.29, 0.717) is 24.6 Å². The van der Waals surface area contributed by atoms with Crippen molar-refractivity contribution in [2.75, 3.05) is 29.4 Å². The van der Waals surface area contributed by atoms with Crippen LogP contribution in [0.15, 0.2) is 18.2 Å². The van der Waals surface area contributed by atoms with Crippen molar-refractivity contribution in [3.63, 3.8) is 0 Å². The first-order valence-corrected chi connectivity index (χ1v) is 8.00. The number of nitrogens with zero attached hydrogens (tertiary/aromatic N) is 2. The number of anilines is 2. The molecule has 6 nitrogen and oxygen atoms in total. The number of nitrogens with one attached hydrogen (secondary N) is 1. The SMILES string of the molecule is CC(=O)N1CCc2cc(N3C[C@H](CNC(C)=S)OC3=O)ccc21. The van der Waals surface area contributed by atoms with Gasteiger partial charge < -0.3 is 15.0 Å². The van der Waals surface area contributed by atoms with Crippen LogP contribution >= 0.6 is 12.2 Å². The molecule has 3 rings (SSSR count). The van der Waals surface area contributed by atoms with E-state index in [0.717, 1.165) is 23.4 Å². The summed E-state index contributed by atoms with van der Waals surface area (Å²) in [6, 6.07) is 5.74. The molecule has 2 heterocycles. The van der Waals surface area contributed by atoms with Gasteiger partial charge in [-0.2, -0.15) is 0 Å². The molecule has 122 valence electrons. The minimum atomic E-state index is -0.347. The van der Waals surface area contributed by atoms with Crippen molar-refractivity contribution in [3.05, 3.63) is 23.8 Å². The first kappa shape index (κ1) is 15.7. The molecule has 0 aromatic heterocycles. The summed E-state index contributed by atoms with van der Waals surface area (Å²) < 4.78 is 5.36. The van der Waals surface area contributed by atoms with Crippen molar-refractivity contribution >= 4 is 40.6 Å². The van der Waals surface area contributed by atoms with Gasteiger partial charge in [-0.1, -0.05) is 12.2 Å². The Morgan fingerprint density at radius 1 is 1.43 bits per heavy atom. The summed E-state index contributed by atoms with van der Waals surface area (Å²) in [4.78, 5) is 27.7. The molecule has 1 aromatic carbocycles. The quantitative estimate of drug-likeness (QED) is 0.856. The maximum Gasteiger partial charge on any atom is 0.414 e. The van der Waals surface area contributed by atoms with Crippen LogP contribution in [0.3, 0.4) is 0 Å². The van der Waals surface area contributed by atoms with Gasteiger partial charge in [-0.3, -0.25) is 9.69 Å². The third-order valence-corrected chi connectivity index (χ3v) is 4.25. The van der Waals surface area contributed by atoms with E-state index in [1.54, 1.807) is 23.6 Å². The molecular weight excluding hydrogens is 314 g/mol. The Kier molecular flexibility index (Phi) is 4.21. The number of ether oxygens (including phenoxy) is 1. The Balaban J connectivity index is 1.74. The zero-order chi connectivity index (χ0) is 16.6. The molecule has 0 aliphatic carbocycles. The second kappa shape index (κ2) is 6.16. The summed E-state index contributed by atoms with van der Waals surface area (Å²) in [7, 11) is 0. The zero-order valence-corrected chi connectivity index (χ0v) is 14.0. The molecule has 2 amide bonds. The first-order chi connectivity index (χ1) is 11.0. The first-order valence-electron chi connectivity index (χ1n) is 7.59. The lowest BCUT2D eigenvalue weighted by atomic mass is 10.1. The fourth-order valence-electron chi connectivity index (χ4n) is 2.98. The Labute approximate surface area is 140 Å². The van der Waals surface area contributed by atoms with E-state index in [4.69, 9.17) is 17.0 Å². The van der Waals surface area contributed by atoms with Crippen LogP contribution in [0.25, 0.3) is 0 Å². The van der Waals surface area contributed by atoms with E-state index in [9.17, 15) is 9.59 Å². The molecule has 7 heteroatoms. The van der Waals surface area contributed by atoms with Gasteiger partial charge in [0.2, 0.25) is 5.91 Å². The molecule has 0 bridgehead atoms. The number of cyclic esters (lactones) is 1. The lowest BCUT2D eigenvalue weighted by Crippen LogP contribution is -2.32. The number of carbonyl (C=O) groups is 2. The highest BCUT2D eigenvalue weighted by Crippen LogP contribution is 2.33. The number of hydrogen-bond donors (Lipinski definition) is 1. The second-order valence-electron chi connectivity index (χ2n) is 5.79. The van der Waals surface area contributed by atoms with Gasteiger partial charge in [0.1, 0.15) is 6.10 Å². The maximum absolute atomic E-state index is 12.1. The number of benzene rings is 1. The Bertz CT molecular complexity index is 677. The number of amides is 2. The van der Waals surface area contributed by atoms with Crippen LogP contribution in [-0.2, 0) is 16.0 Å². The normalized spacial score (nSPS) is 19.6. The molecule has 0 unspecified atom stereocenters. The van der Waals surface area contributed by atoms with Gasteiger partial charge in [-0.15, -0.1) is 0 Å². The molecule has 0 saturated carbocycles. The van der Waals surface area contributed by atoms with Gasteiger partial charge >= 0.3 is 6.09 Å². The predicted molar refractivity (Wildman–Crippen MR) is 92.1 cm³/mol. The van der Waals surface area contributed by atoms with Crippen LogP contribution in [0.1, 0.15) is 19.4 Å². The highest BCUT2D eigenvalue weighted by Gasteiger charge is 2.33. The number of rotatable bonds is 3. The van der Waals surface area contributed by atoms with Crippen molar-refractivity contribution < 1.29 is 14.3 Å². The van der Waals surface area contributed by atoms with Crippen LogP contribution in [0, 0.1) is 0 Å². The van der Waals surface area contributed by atoms with Crippen LogP contribution in [0.4, 0.5) is 16.2 Å². The van der Waals surface area contributed by atoms with Crippen LogP contribution < -0.4 is 15.1 Å². The molecule has 1 saturated heterocycles. The topological polar surface area (TPSA) is 61.9 Å². The second-order valence-corrected chi connectivity index (χ2v) is 6.40. The lowest BCUT2D eigenvalue weighted by Gasteiger charge is -2.17. The highest BCUT2D eigenvalue weighted by atomic mass is 32.1. The summed E-state index contributed by atoms with van der Waals surface area (Å²) in [5, 5.41) is 3.02. The number of hydrogen-bond acceptors (Lipinski definition) is 4. The van der Waals surface area contributed by atoms with Crippen molar-refractivity contribution in [3.8, 4) is 0 Å². The van der Waals surface area contributed by atoms with Gasteiger partial charge in [-0.25, -0.2) is 4.79 Å². The minimum Gasteiger partial charge on any atom is -0.442 e. The third kappa shape index (κ3) is 3.14. The van der Waals surface area contributed by atoms with Gasteiger partial charge in [0.05, 0.1) is 18.1 Å².